The van der Waals surface area contributed by atoms with Gasteiger partial charge in [0.05, 0.1) is 13.0 Å². The van der Waals surface area contributed by atoms with Gasteiger partial charge in [0.15, 0.2) is 0 Å². The molecule has 0 aliphatic carbocycles. The smallest absolute Gasteiger partial charge is 0.310 e. The van der Waals surface area contributed by atoms with Crippen molar-refractivity contribution in [2.75, 3.05) is 20.2 Å². The van der Waals surface area contributed by atoms with E-state index in [2.05, 4.69) is 5.32 Å². The second kappa shape index (κ2) is 4.85. The van der Waals surface area contributed by atoms with E-state index in [4.69, 9.17) is 16.3 Å². The first-order valence-corrected chi connectivity index (χ1v) is 5.64. The summed E-state index contributed by atoms with van der Waals surface area (Å²) in [6.45, 7) is 1.46. The van der Waals surface area contributed by atoms with E-state index in [1.54, 1.807) is 0 Å². The Labute approximate surface area is 99.7 Å². The largest absolute Gasteiger partial charge is 0.469 e. The van der Waals surface area contributed by atoms with Gasteiger partial charge in [0, 0.05) is 24.0 Å². The molecule has 1 N–H and O–H groups in total. The predicted octanol–water partition coefficient (Wildman–Crippen LogP) is 1.82. The Kier molecular flexibility index (Phi) is 3.46. The van der Waals surface area contributed by atoms with Gasteiger partial charge < -0.3 is 10.1 Å². The molecule has 1 aromatic carbocycles. The summed E-state index contributed by atoms with van der Waals surface area (Å²) in [5, 5.41) is 3.91. The van der Waals surface area contributed by atoms with Crippen LogP contribution in [0.15, 0.2) is 24.3 Å². The van der Waals surface area contributed by atoms with E-state index in [0.717, 1.165) is 12.1 Å². The Morgan fingerprint density at radius 2 is 2.31 bits per heavy atom. The van der Waals surface area contributed by atoms with E-state index in [1.165, 1.54) is 7.11 Å². The van der Waals surface area contributed by atoms with Crippen LogP contribution in [-0.2, 0) is 9.53 Å². The van der Waals surface area contributed by atoms with Crippen molar-refractivity contribution in [3.05, 3.63) is 34.9 Å². The fourth-order valence-corrected chi connectivity index (χ4v) is 2.36. The van der Waals surface area contributed by atoms with Crippen molar-refractivity contribution < 1.29 is 9.53 Å². The summed E-state index contributed by atoms with van der Waals surface area (Å²) in [5.41, 5.74) is 1.09. The van der Waals surface area contributed by atoms with Gasteiger partial charge in [-0.3, -0.25) is 4.79 Å². The predicted molar refractivity (Wildman–Crippen MR) is 62.6 cm³/mol. The summed E-state index contributed by atoms with van der Waals surface area (Å²) < 4.78 is 4.80. The SMILES string of the molecule is COC(=O)[C@@H]1CNC[C@H]1c1cccc(Cl)c1. The Hall–Kier alpha value is -1.06. The first-order chi connectivity index (χ1) is 7.72. The van der Waals surface area contributed by atoms with E-state index in [9.17, 15) is 4.79 Å². The average molecular weight is 240 g/mol. The van der Waals surface area contributed by atoms with Crippen LogP contribution in [0.3, 0.4) is 0 Å². The second-order valence-corrected chi connectivity index (χ2v) is 4.39. The van der Waals surface area contributed by atoms with Crippen LogP contribution >= 0.6 is 11.6 Å². The Balaban J connectivity index is 2.23. The molecule has 0 aromatic heterocycles. The maximum atomic E-state index is 11.6. The minimum atomic E-state index is -0.157. The topological polar surface area (TPSA) is 38.3 Å². The minimum absolute atomic E-state index is 0.108. The van der Waals surface area contributed by atoms with Gasteiger partial charge in [-0.05, 0) is 17.7 Å². The van der Waals surface area contributed by atoms with Crippen molar-refractivity contribution in [2.24, 2.45) is 5.92 Å². The molecule has 0 radical (unpaired) electrons. The number of hydrogen-bond donors (Lipinski definition) is 1. The minimum Gasteiger partial charge on any atom is -0.469 e. The van der Waals surface area contributed by atoms with Crippen LogP contribution in [0.1, 0.15) is 11.5 Å². The summed E-state index contributed by atoms with van der Waals surface area (Å²) in [5.74, 6) is -0.107. The number of rotatable bonds is 2. The molecular weight excluding hydrogens is 226 g/mol. The summed E-state index contributed by atoms with van der Waals surface area (Å²) in [4.78, 5) is 11.6. The lowest BCUT2D eigenvalue weighted by atomic mass is 9.89. The molecule has 2 rings (SSSR count). The van der Waals surface area contributed by atoms with Gasteiger partial charge in [-0.25, -0.2) is 0 Å². The third kappa shape index (κ3) is 2.20. The lowest BCUT2D eigenvalue weighted by Crippen LogP contribution is -2.22. The molecule has 1 heterocycles. The summed E-state index contributed by atoms with van der Waals surface area (Å²) in [6, 6.07) is 7.65. The van der Waals surface area contributed by atoms with E-state index < -0.39 is 0 Å². The number of carbonyl (C=O) groups excluding carboxylic acids is 1. The second-order valence-electron chi connectivity index (χ2n) is 3.95. The zero-order valence-corrected chi connectivity index (χ0v) is 9.83. The molecule has 1 fully saturated rings. The van der Waals surface area contributed by atoms with Crippen LogP contribution < -0.4 is 5.32 Å². The highest BCUT2D eigenvalue weighted by Crippen LogP contribution is 2.30. The standard InChI is InChI=1S/C12H14ClNO2/c1-16-12(15)11-7-14-6-10(11)8-3-2-4-9(13)5-8/h2-5,10-11,14H,6-7H2,1H3/t10-,11+/m0/s1. The molecule has 0 bridgehead atoms. The molecule has 86 valence electrons. The number of methoxy groups -OCH3 is 1. The van der Waals surface area contributed by atoms with Gasteiger partial charge in [0.25, 0.3) is 0 Å². The Bertz CT molecular complexity index is 394. The van der Waals surface area contributed by atoms with Crippen LogP contribution in [0, 0.1) is 5.92 Å². The molecular formula is C12H14ClNO2. The van der Waals surface area contributed by atoms with Crippen molar-refractivity contribution in [1.82, 2.24) is 5.32 Å². The van der Waals surface area contributed by atoms with Crippen LogP contribution in [0.4, 0.5) is 0 Å². The summed E-state index contributed by atoms with van der Waals surface area (Å²) in [7, 11) is 1.43. The average Bonchev–Trinajstić information content (AvgIpc) is 2.77. The normalized spacial score (nSPS) is 24.4. The fourth-order valence-electron chi connectivity index (χ4n) is 2.17. The number of carbonyl (C=O) groups is 1. The third-order valence-corrected chi connectivity index (χ3v) is 3.23. The van der Waals surface area contributed by atoms with Gasteiger partial charge in [0.1, 0.15) is 0 Å². The molecule has 0 unspecified atom stereocenters. The lowest BCUT2D eigenvalue weighted by Gasteiger charge is -2.16. The molecule has 1 aromatic rings. The molecule has 2 atom stereocenters. The van der Waals surface area contributed by atoms with Crippen LogP contribution in [0.5, 0.6) is 0 Å². The molecule has 0 spiro atoms. The van der Waals surface area contributed by atoms with Crippen LogP contribution in [-0.4, -0.2) is 26.2 Å². The maximum absolute atomic E-state index is 11.6. The number of esters is 1. The third-order valence-electron chi connectivity index (χ3n) is 2.99. The number of hydrogen-bond acceptors (Lipinski definition) is 3. The van der Waals surface area contributed by atoms with Crippen molar-refractivity contribution >= 4 is 17.6 Å². The van der Waals surface area contributed by atoms with E-state index in [-0.39, 0.29) is 17.8 Å². The number of ether oxygens (including phenoxy) is 1. The Morgan fingerprint density at radius 1 is 1.50 bits per heavy atom. The highest BCUT2D eigenvalue weighted by atomic mass is 35.5. The molecule has 1 aliphatic heterocycles. The first-order valence-electron chi connectivity index (χ1n) is 5.26. The lowest BCUT2D eigenvalue weighted by molar-refractivity contribution is -0.145. The van der Waals surface area contributed by atoms with Gasteiger partial charge in [-0.1, -0.05) is 23.7 Å². The van der Waals surface area contributed by atoms with E-state index in [1.807, 2.05) is 24.3 Å². The molecule has 0 saturated carbocycles. The monoisotopic (exact) mass is 239 g/mol. The van der Waals surface area contributed by atoms with Crippen LogP contribution in [0.2, 0.25) is 5.02 Å². The maximum Gasteiger partial charge on any atom is 0.310 e. The van der Waals surface area contributed by atoms with Gasteiger partial charge in [0.2, 0.25) is 0 Å². The molecule has 16 heavy (non-hydrogen) atoms. The van der Waals surface area contributed by atoms with Crippen molar-refractivity contribution in [1.29, 1.82) is 0 Å². The van der Waals surface area contributed by atoms with Crippen molar-refractivity contribution in [3.8, 4) is 0 Å². The van der Waals surface area contributed by atoms with Crippen molar-refractivity contribution in [2.45, 2.75) is 5.92 Å². The first kappa shape index (κ1) is 11.4. The summed E-state index contributed by atoms with van der Waals surface area (Å²) in [6.07, 6.45) is 0. The number of nitrogens with one attached hydrogen (secondary N) is 1. The van der Waals surface area contributed by atoms with E-state index >= 15 is 0 Å². The van der Waals surface area contributed by atoms with Gasteiger partial charge >= 0.3 is 5.97 Å². The Morgan fingerprint density at radius 3 is 3.00 bits per heavy atom. The van der Waals surface area contributed by atoms with Gasteiger partial charge in [-0.15, -0.1) is 0 Å². The zero-order chi connectivity index (χ0) is 11.5. The fraction of sp³-hybridized carbons (Fsp3) is 0.417. The number of halogens is 1. The number of benzene rings is 1. The van der Waals surface area contributed by atoms with Crippen molar-refractivity contribution in [3.63, 3.8) is 0 Å². The van der Waals surface area contributed by atoms with Crippen LogP contribution in [0.25, 0.3) is 0 Å². The van der Waals surface area contributed by atoms with Gasteiger partial charge in [-0.2, -0.15) is 0 Å². The molecule has 3 nitrogen and oxygen atoms in total. The zero-order valence-electron chi connectivity index (χ0n) is 9.07. The highest BCUT2D eigenvalue weighted by Gasteiger charge is 2.34. The highest BCUT2D eigenvalue weighted by molar-refractivity contribution is 6.30. The molecule has 4 heteroatoms. The molecule has 1 saturated heterocycles. The van der Waals surface area contributed by atoms with E-state index in [0.29, 0.717) is 11.6 Å². The molecule has 1 aliphatic rings. The molecule has 0 amide bonds. The summed E-state index contributed by atoms with van der Waals surface area (Å²) >= 11 is 5.95. The quantitative estimate of drug-likeness (QED) is 0.800.